The lowest BCUT2D eigenvalue weighted by Gasteiger charge is -2.08. The number of thioether (sulfide) groups is 1. The summed E-state index contributed by atoms with van der Waals surface area (Å²) >= 11 is 1.34. The minimum absolute atomic E-state index is 0.0787. The molecule has 29 heavy (non-hydrogen) atoms. The molecule has 0 spiro atoms. The number of nitro groups is 1. The number of rotatable bonds is 7. The Morgan fingerprint density at radius 1 is 0.966 bits per heavy atom. The molecule has 0 bridgehead atoms. The molecule has 2 N–H and O–H groups in total. The van der Waals surface area contributed by atoms with Gasteiger partial charge in [0.25, 0.3) is 11.6 Å². The predicted molar refractivity (Wildman–Crippen MR) is 111 cm³/mol. The van der Waals surface area contributed by atoms with Crippen LogP contribution in [-0.2, 0) is 4.79 Å². The molecule has 0 atom stereocenters. The summed E-state index contributed by atoms with van der Waals surface area (Å²) in [5.41, 5.74) is 1.47. The topological polar surface area (TPSA) is 114 Å². The van der Waals surface area contributed by atoms with Gasteiger partial charge in [-0.3, -0.25) is 24.7 Å². The number of anilines is 2. The summed E-state index contributed by atoms with van der Waals surface area (Å²) in [6.07, 6.45) is 3.19. The summed E-state index contributed by atoms with van der Waals surface area (Å²) in [6, 6.07) is 15.9. The number of pyridine rings is 1. The summed E-state index contributed by atoms with van der Waals surface area (Å²) in [5.74, 6) is -0.318. The Hall–Kier alpha value is -3.72. The first-order chi connectivity index (χ1) is 14.0. The van der Waals surface area contributed by atoms with Gasteiger partial charge < -0.3 is 10.6 Å². The van der Waals surface area contributed by atoms with Gasteiger partial charge in [0.2, 0.25) is 5.91 Å². The number of carbonyl (C=O) groups is 2. The first-order valence-electron chi connectivity index (χ1n) is 8.50. The third-order valence-corrected chi connectivity index (χ3v) is 4.76. The molecule has 0 fully saturated rings. The van der Waals surface area contributed by atoms with Gasteiger partial charge >= 0.3 is 0 Å². The average molecular weight is 408 g/mol. The highest BCUT2D eigenvalue weighted by Crippen LogP contribution is 2.22. The molecule has 3 rings (SSSR count). The number of non-ortho nitro benzene ring substituents is 1. The van der Waals surface area contributed by atoms with Crippen LogP contribution in [0, 0.1) is 10.1 Å². The number of amides is 2. The van der Waals surface area contributed by atoms with Crippen LogP contribution in [0.4, 0.5) is 17.1 Å². The van der Waals surface area contributed by atoms with Crippen molar-refractivity contribution in [1.82, 2.24) is 4.98 Å². The quantitative estimate of drug-likeness (QED) is 0.347. The molecule has 0 saturated carbocycles. The van der Waals surface area contributed by atoms with E-state index in [4.69, 9.17) is 0 Å². The molecule has 0 aliphatic heterocycles. The molecule has 0 saturated heterocycles. The summed E-state index contributed by atoms with van der Waals surface area (Å²) in [4.78, 5) is 39.2. The van der Waals surface area contributed by atoms with Crippen molar-refractivity contribution < 1.29 is 14.5 Å². The number of nitro benzene ring substituents is 1. The molecule has 9 heteroatoms. The smallest absolute Gasteiger partial charge is 0.269 e. The Balaban J connectivity index is 1.56. The van der Waals surface area contributed by atoms with Gasteiger partial charge in [-0.2, -0.15) is 0 Å². The normalized spacial score (nSPS) is 10.2. The van der Waals surface area contributed by atoms with Crippen LogP contribution < -0.4 is 10.6 Å². The minimum Gasteiger partial charge on any atom is -0.325 e. The second kappa shape index (κ2) is 9.47. The molecule has 0 radical (unpaired) electrons. The first kappa shape index (κ1) is 20.0. The molecule has 0 aliphatic rings. The van der Waals surface area contributed by atoms with Crippen molar-refractivity contribution in [2.24, 2.45) is 0 Å². The number of benzene rings is 2. The molecule has 2 amide bonds. The highest BCUT2D eigenvalue weighted by Gasteiger charge is 2.10. The Labute approximate surface area is 170 Å². The minimum atomic E-state index is -0.521. The number of aromatic nitrogens is 1. The molecule has 0 unspecified atom stereocenters. The zero-order chi connectivity index (χ0) is 20.6. The molecule has 1 aromatic heterocycles. The van der Waals surface area contributed by atoms with E-state index in [0.29, 0.717) is 16.9 Å². The lowest BCUT2D eigenvalue weighted by molar-refractivity contribution is -0.384. The van der Waals surface area contributed by atoms with Crippen LogP contribution in [0.1, 0.15) is 10.4 Å². The van der Waals surface area contributed by atoms with E-state index in [1.807, 2.05) is 6.07 Å². The van der Waals surface area contributed by atoms with Crippen molar-refractivity contribution in [2.75, 3.05) is 16.4 Å². The lowest BCUT2D eigenvalue weighted by atomic mass is 10.2. The van der Waals surface area contributed by atoms with Crippen LogP contribution in [0.2, 0.25) is 0 Å². The fourth-order valence-electron chi connectivity index (χ4n) is 2.38. The number of hydrogen-bond donors (Lipinski definition) is 2. The molecule has 2 aromatic carbocycles. The van der Waals surface area contributed by atoms with Gasteiger partial charge in [0.05, 0.1) is 10.7 Å². The van der Waals surface area contributed by atoms with Crippen LogP contribution in [0.3, 0.4) is 0 Å². The first-order valence-corrected chi connectivity index (χ1v) is 9.48. The molecule has 8 nitrogen and oxygen atoms in total. The summed E-state index contributed by atoms with van der Waals surface area (Å²) in [6.45, 7) is 0. The Morgan fingerprint density at radius 2 is 1.69 bits per heavy atom. The monoisotopic (exact) mass is 408 g/mol. The third kappa shape index (κ3) is 5.88. The maximum absolute atomic E-state index is 12.3. The van der Waals surface area contributed by atoms with Gasteiger partial charge in [0.1, 0.15) is 0 Å². The summed E-state index contributed by atoms with van der Waals surface area (Å²) in [7, 11) is 0. The van der Waals surface area contributed by atoms with E-state index in [-0.39, 0.29) is 23.3 Å². The van der Waals surface area contributed by atoms with E-state index in [1.165, 1.54) is 36.0 Å². The van der Waals surface area contributed by atoms with Gasteiger partial charge in [-0.15, -0.1) is 11.8 Å². The van der Waals surface area contributed by atoms with E-state index in [1.54, 1.807) is 42.7 Å². The molecular weight excluding hydrogens is 392 g/mol. The van der Waals surface area contributed by atoms with Crippen molar-refractivity contribution in [3.63, 3.8) is 0 Å². The summed E-state index contributed by atoms with van der Waals surface area (Å²) < 4.78 is 0. The van der Waals surface area contributed by atoms with Crippen LogP contribution in [-0.4, -0.2) is 27.5 Å². The van der Waals surface area contributed by atoms with Crippen molar-refractivity contribution in [3.05, 3.63) is 88.7 Å². The average Bonchev–Trinajstić information content (AvgIpc) is 2.73. The molecule has 1 heterocycles. The van der Waals surface area contributed by atoms with E-state index in [2.05, 4.69) is 15.6 Å². The maximum Gasteiger partial charge on any atom is 0.269 e. The lowest BCUT2D eigenvalue weighted by Crippen LogP contribution is -2.14. The zero-order valence-corrected chi connectivity index (χ0v) is 15.9. The van der Waals surface area contributed by atoms with Gasteiger partial charge in [0, 0.05) is 46.4 Å². The van der Waals surface area contributed by atoms with Gasteiger partial charge in [-0.1, -0.05) is 6.07 Å². The number of hydrogen-bond acceptors (Lipinski definition) is 6. The van der Waals surface area contributed by atoms with E-state index in [9.17, 15) is 19.7 Å². The molecule has 146 valence electrons. The standard InChI is InChI=1S/C20H16N4O4S/c25-19(22-15-8-10-21-11-9-15)13-29-18-3-1-2-16(12-18)23-20(26)14-4-6-17(7-5-14)24(27)28/h1-12H,13H2,(H,23,26)(H,21,22,25). The Kier molecular flexibility index (Phi) is 6.54. The van der Waals surface area contributed by atoms with Crippen LogP contribution in [0.5, 0.6) is 0 Å². The van der Waals surface area contributed by atoms with Crippen molar-refractivity contribution in [2.45, 2.75) is 4.90 Å². The fourth-order valence-corrected chi connectivity index (χ4v) is 3.14. The number of nitrogens with zero attached hydrogens (tertiary/aromatic N) is 2. The zero-order valence-electron chi connectivity index (χ0n) is 15.1. The Morgan fingerprint density at radius 3 is 2.38 bits per heavy atom. The van der Waals surface area contributed by atoms with Crippen molar-refractivity contribution >= 4 is 40.6 Å². The largest absolute Gasteiger partial charge is 0.325 e. The SMILES string of the molecule is O=C(CSc1cccc(NC(=O)c2ccc([N+](=O)[O-])cc2)c1)Nc1ccncc1. The molecule has 0 aliphatic carbocycles. The highest BCUT2D eigenvalue weighted by molar-refractivity contribution is 8.00. The summed E-state index contributed by atoms with van der Waals surface area (Å²) in [5, 5.41) is 16.2. The maximum atomic E-state index is 12.3. The predicted octanol–water partition coefficient (Wildman–Crippen LogP) is 3.97. The second-order valence-corrected chi connectivity index (χ2v) is 6.91. The van der Waals surface area contributed by atoms with Crippen LogP contribution in [0.25, 0.3) is 0 Å². The molecular formula is C20H16N4O4S. The highest BCUT2D eigenvalue weighted by atomic mass is 32.2. The molecule has 3 aromatic rings. The van der Waals surface area contributed by atoms with Gasteiger partial charge in [-0.25, -0.2) is 0 Å². The van der Waals surface area contributed by atoms with E-state index in [0.717, 1.165) is 4.90 Å². The van der Waals surface area contributed by atoms with Gasteiger partial charge in [-0.05, 0) is 42.5 Å². The van der Waals surface area contributed by atoms with Crippen molar-refractivity contribution in [3.8, 4) is 0 Å². The van der Waals surface area contributed by atoms with Crippen molar-refractivity contribution in [1.29, 1.82) is 0 Å². The van der Waals surface area contributed by atoms with E-state index < -0.39 is 4.92 Å². The van der Waals surface area contributed by atoms with Crippen LogP contribution in [0.15, 0.2) is 78.0 Å². The Bertz CT molecular complexity index is 1030. The number of carbonyl (C=O) groups excluding carboxylic acids is 2. The van der Waals surface area contributed by atoms with E-state index >= 15 is 0 Å². The number of nitrogens with one attached hydrogen (secondary N) is 2. The fraction of sp³-hybridized carbons (Fsp3) is 0.0500. The third-order valence-electron chi connectivity index (χ3n) is 3.77. The second-order valence-electron chi connectivity index (χ2n) is 5.86. The van der Waals surface area contributed by atoms with Crippen LogP contribution >= 0.6 is 11.8 Å². The van der Waals surface area contributed by atoms with Gasteiger partial charge in [0.15, 0.2) is 0 Å².